The highest BCUT2D eigenvalue weighted by Crippen LogP contribution is 2.21. The molecule has 0 bridgehead atoms. The normalized spacial score (nSPS) is 17.4. The van der Waals surface area contributed by atoms with Gasteiger partial charge in [0, 0.05) is 17.0 Å². The topological polar surface area (TPSA) is 45.2 Å². The molecule has 4 heteroatoms. The van der Waals surface area contributed by atoms with Gasteiger partial charge in [-0.15, -0.1) is 11.3 Å². The van der Waals surface area contributed by atoms with Gasteiger partial charge < -0.3 is 10.4 Å². The van der Waals surface area contributed by atoms with E-state index in [1.54, 1.807) is 11.3 Å². The van der Waals surface area contributed by atoms with E-state index in [1.165, 1.54) is 4.88 Å². The molecular weight excluding hydrogens is 208 g/mol. The lowest BCUT2D eigenvalue weighted by molar-refractivity contribution is 0.168. The third kappa shape index (κ3) is 3.89. The molecule has 0 spiro atoms. The second kappa shape index (κ2) is 5.58. The van der Waals surface area contributed by atoms with Gasteiger partial charge in [0.1, 0.15) is 0 Å². The molecule has 0 aliphatic carbocycles. The second-order valence-electron chi connectivity index (χ2n) is 4.18. The number of aliphatic hydroxyl groups excluding tert-OH is 1. The van der Waals surface area contributed by atoms with Crippen LogP contribution in [-0.2, 0) is 0 Å². The van der Waals surface area contributed by atoms with Gasteiger partial charge >= 0.3 is 0 Å². The van der Waals surface area contributed by atoms with Crippen molar-refractivity contribution in [3.8, 4) is 0 Å². The summed E-state index contributed by atoms with van der Waals surface area (Å²) in [6.45, 7) is 8.09. The van der Waals surface area contributed by atoms with E-state index >= 15 is 0 Å². The molecule has 0 radical (unpaired) electrons. The van der Waals surface area contributed by atoms with Gasteiger partial charge in [-0.3, -0.25) is 0 Å². The minimum Gasteiger partial charge on any atom is -0.393 e. The van der Waals surface area contributed by atoms with Crippen molar-refractivity contribution in [1.82, 2.24) is 10.3 Å². The van der Waals surface area contributed by atoms with Gasteiger partial charge in [-0.1, -0.05) is 0 Å². The maximum Gasteiger partial charge on any atom is 0.0798 e. The van der Waals surface area contributed by atoms with Crippen LogP contribution in [0.25, 0.3) is 0 Å². The highest BCUT2D eigenvalue weighted by atomic mass is 32.1. The number of hydrogen-bond donors (Lipinski definition) is 2. The number of hydrogen-bond acceptors (Lipinski definition) is 4. The number of thiazole rings is 1. The maximum absolute atomic E-state index is 9.27. The summed E-state index contributed by atoms with van der Waals surface area (Å²) < 4.78 is 0. The number of nitrogens with one attached hydrogen (secondary N) is 1. The Morgan fingerprint density at radius 3 is 2.60 bits per heavy atom. The Bertz CT molecular complexity index is 299. The predicted molar refractivity (Wildman–Crippen MR) is 64.2 cm³/mol. The molecule has 3 nitrogen and oxygen atoms in total. The van der Waals surface area contributed by atoms with E-state index in [2.05, 4.69) is 24.1 Å². The summed E-state index contributed by atoms with van der Waals surface area (Å²) in [7, 11) is 0. The Balaban J connectivity index is 2.49. The van der Waals surface area contributed by atoms with E-state index in [1.807, 2.05) is 19.4 Å². The number of aryl methyl sites for hydroxylation is 1. The first kappa shape index (κ1) is 12.6. The molecule has 1 aromatic rings. The lowest BCUT2D eigenvalue weighted by Gasteiger charge is -2.20. The molecule has 0 aliphatic rings. The molecule has 3 atom stereocenters. The zero-order valence-electron chi connectivity index (χ0n) is 9.82. The van der Waals surface area contributed by atoms with Gasteiger partial charge in [0.25, 0.3) is 0 Å². The average molecular weight is 228 g/mol. The molecule has 86 valence electrons. The first-order valence-electron chi connectivity index (χ1n) is 5.34. The molecule has 0 aliphatic heterocycles. The monoisotopic (exact) mass is 228 g/mol. The Hall–Kier alpha value is -0.450. The SMILES string of the molecule is Cc1ncsc1C(C)NC(C)CC(C)O. The zero-order valence-corrected chi connectivity index (χ0v) is 10.6. The van der Waals surface area contributed by atoms with Crippen LogP contribution in [0.1, 0.15) is 43.8 Å². The van der Waals surface area contributed by atoms with Crippen molar-refractivity contribution in [2.24, 2.45) is 0 Å². The summed E-state index contributed by atoms with van der Waals surface area (Å²) in [5.41, 5.74) is 2.98. The van der Waals surface area contributed by atoms with Crippen LogP contribution >= 0.6 is 11.3 Å². The molecule has 0 saturated carbocycles. The summed E-state index contributed by atoms with van der Waals surface area (Å²) in [6.07, 6.45) is 0.532. The van der Waals surface area contributed by atoms with E-state index in [4.69, 9.17) is 0 Å². The molecule has 1 aromatic heterocycles. The minimum absolute atomic E-state index is 0.248. The van der Waals surface area contributed by atoms with Crippen molar-refractivity contribution in [2.45, 2.75) is 52.3 Å². The van der Waals surface area contributed by atoms with Gasteiger partial charge in [0.05, 0.1) is 17.3 Å². The Morgan fingerprint density at radius 2 is 2.13 bits per heavy atom. The third-order valence-electron chi connectivity index (χ3n) is 2.41. The molecular formula is C11H20N2OS. The fourth-order valence-electron chi connectivity index (χ4n) is 1.81. The second-order valence-corrected chi connectivity index (χ2v) is 5.06. The summed E-state index contributed by atoms with van der Waals surface area (Å²) in [6, 6.07) is 0.632. The fourth-order valence-corrected chi connectivity index (χ4v) is 2.63. The zero-order chi connectivity index (χ0) is 11.4. The number of aliphatic hydroxyl groups is 1. The predicted octanol–water partition coefficient (Wildman–Crippen LogP) is 2.26. The molecule has 1 rings (SSSR count). The Kier molecular flexibility index (Phi) is 4.70. The lowest BCUT2D eigenvalue weighted by atomic mass is 10.1. The van der Waals surface area contributed by atoms with Gasteiger partial charge in [-0.25, -0.2) is 4.98 Å². The number of rotatable bonds is 5. The van der Waals surface area contributed by atoms with Crippen LogP contribution < -0.4 is 5.32 Å². The van der Waals surface area contributed by atoms with Crippen molar-refractivity contribution in [2.75, 3.05) is 0 Å². The highest BCUT2D eigenvalue weighted by Gasteiger charge is 2.14. The third-order valence-corrected chi connectivity index (χ3v) is 3.52. The fraction of sp³-hybridized carbons (Fsp3) is 0.727. The van der Waals surface area contributed by atoms with Crippen LogP contribution in [-0.4, -0.2) is 22.2 Å². The molecule has 1 heterocycles. The first-order valence-corrected chi connectivity index (χ1v) is 6.22. The van der Waals surface area contributed by atoms with Crippen LogP contribution in [0, 0.1) is 6.92 Å². The molecule has 15 heavy (non-hydrogen) atoms. The lowest BCUT2D eigenvalue weighted by Crippen LogP contribution is -2.31. The van der Waals surface area contributed by atoms with Crippen molar-refractivity contribution in [1.29, 1.82) is 0 Å². The van der Waals surface area contributed by atoms with Crippen molar-refractivity contribution in [3.63, 3.8) is 0 Å². The standard InChI is InChI=1S/C11H20N2OS/c1-7(5-8(2)14)13-10(4)11-9(3)12-6-15-11/h6-8,10,13-14H,5H2,1-4H3. The van der Waals surface area contributed by atoms with Crippen molar-refractivity contribution in [3.05, 3.63) is 16.1 Å². The van der Waals surface area contributed by atoms with Crippen LogP contribution in [0.15, 0.2) is 5.51 Å². The molecule has 3 unspecified atom stereocenters. The van der Waals surface area contributed by atoms with Gasteiger partial charge in [0.2, 0.25) is 0 Å². The van der Waals surface area contributed by atoms with Crippen LogP contribution in [0.5, 0.6) is 0 Å². The van der Waals surface area contributed by atoms with Gasteiger partial charge in [-0.05, 0) is 34.1 Å². The largest absolute Gasteiger partial charge is 0.393 e. The summed E-state index contributed by atoms with van der Waals surface area (Å²) >= 11 is 1.68. The highest BCUT2D eigenvalue weighted by molar-refractivity contribution is 7.09. The summed E-state index contributed by atoms with van der Waals surface area (Å²) in [5.74, 6) is 0. The molecule has 0 saturated heterocycles. The van der Waals surface area contributed by atoms with E-state index in [9.17, 15) is 5.11 Å². The van der Waals surface area contributed by atoms with Crippen LogP contribution in [0.4, 0.5) is 0 Å². The summed E-state index contributed by atoms with van der Waals surface area (Å²) in [4.78, 5) is 5.52. The van der Waals surface area contributed by atoms with Gasteiger partial charge in [-0.2, -0.15) is 0 Å². The van der Waals surface area contributed by atoms with E-state index in [0.717, 1.165) is 12.1 Å². The quantitative estimate of drug-likeness (QED) is 0.812. The van der Waals surface area contributed by atoms with Crippen LogP contribution in [0.2, 0.25) is 0 Å². The molecule has 0 amide bonds. The van der Waals surface area contributed by atoms with Gasteiger partial charge in [0.15, 0.2) is 0 Å². The van der Waals surface area contributed by atoms with E-state index in [0.29, 0.717) is 12.1 Å². The maximum atomic E-state index is 9.27. The number of nitrogens with zero attached hydrogens (tertiary/aromatic N) is 1. The van der Waals surface area contributed by atoms with Crippen molar-refractivity contribution >= 4 is 11.3 Å². The average Bonchev–Trinajstić information content (AvgIpc) is 2.49. The van der Waals surface area contributed by atoms with E-state index < -0.39 is 0 Å². The van der Waals surface area contributed by atoms with Crippen LogP contribution in [0.3, 0.4) is 0 Å². The number of aromatic nitrogens is 1. The smallest absolute Gasteiger partial charge is 0.0798 e. The molecule has 0 aromatic carbocycles. The first-order chi connectivity index (χ1) is 7.00. The van der Waals surface area contributed by atoms with E-state index in [-0.39, 0.29) is 6.10 Å². The Morgan fingerprint density at radius 1 is 1.47 bits per heavy atom. The molecule has 2 N–H and O–H groups in total. The summed E-state index contributed by atoms with van der Waals surface area (Å²) in [5, 5.41) is 12.7. The minimum atomic E-state index is -0.248. The molecule has 0 fully saturated rings. The Labute approximate surface area is 95.6 Å². The van der Waals surface area contributed by atoms with Crippen molar-refractivity contribution < 1.29 is 5.11 Å².